The summed E-state index contributed by atoms with van der Waals surface area (Å²) in [4.78, 5) is 26.6. The molecular formula is C15H9ClFNO2S2. The fourth-order valence-electron chi connectivity index (χ4n) is 1.98. The lowest BCUT2D eigenvalue weighted by Gasteiger charge is -2.14. The van der Waals surface area contributed by atoms with Gasteiger partial charge in [0.25, 0.3) is 11.1 Å². The van der Waals surface area contributed by atoms with E-state index in [4.69, 9.17) is 11.6 Å². The highest BCUT2D eigenvalue weighted by Crippen LogP contribution is 2.35. The van der Waals surface area contributed by atoms with Crippen LogP contribution < -0.4 is 0 Å². The van der Waals surface area contributed by atoms with Gasteiger partial charge in [0, 0.05) is 15.5 Å². The molecule has 3 nitrogen and oxygen atoms in total. The molecule has 0 N–H and O–H groups in total. The van der Waals surface area contributed by atoms with E-state index < -0.39 is 17.0 Å². The molecular weight excluding hydrogens is 345 g/mol. The number of halogens is 2. The van der Waals surface area contributed by atoms with Gasteiger partial charge in [0.2, 0.25) is 0 Å². The van der Waals surface area contributed by atoms with Crippen LogP contribution in [0.4, 0.5) is 9.18 Å². The predicted octanol–water partition coefficient (Wildman–Crippen LogP) is 4.78. The molecule has 0 radical (unpaired) electrons. The molecule has 0 spiro atoms. The summed E-state index contributed by atoms with van der Waals surface area (Å²) in [6.45, 7) is -0.169. The summed E-state index contributed by atoms with van der Waals surface area (Å²) in [5.74, 6) is -0.962. The van der Waals surface area contributed by atoms with E-state index in [2.05, 4.69) is 0 Å². The quantitative estimate of drug-likeness (QED) is 0.745. The number of rotatable bonds is 3. The fourth-order valence-corrected chi connectivity index (χ4v) is 3.76. The lowest BCUT2D eigenvalue weighted by Crippen LogP contribution is -2.28. The van der Waals surface area contributed by atoms with Crippen LogP contribution in [0.25, 0.3) is 6.08 Å². The van der Waals surface area contributed by atoms with Gasteiger partial charge in [0.15, 0.2) is 0 Å². The number of benzene rings is 1. The Bertz CT molecular complexity index is 754. The number of hydrogen-bond acceptors (Lipinski definition) is 4. The van der Waals surface area contributed by atoms with Crippen molar-refractivity contribution >= 4 is 51.9 Å². The monoisotopic (exact) mass is 353 g/mol. The van der Waals surface area contributed by atoms with Crippen LogP contribution in [0.15, 0.2) is 40.6 Å². The number of carbonyl (C=O) groups excluding carboxylic acids is 2. The Kier molecular flexibility index (Phi) is 4.33. The van der Waals surface area contributed by atoms with Gasteiger partial charge in [-0.15, -0.1) is 11.3 Å². The third kappa shape index (κ3) is 2.95. The fraction of sp³-hybridized carbons (Fsp3) is 0.0667. The zero-order chi connectivity index (χ0) is 15.7. The summed E-state index contributed by atoms with van der Waals surface area (Å²) < 4.78 is 13.8. The van der Waals surface area contributed by atoms with E-state index in [0.717, 1.165) is 21.5 Å². The van der Waals surface area contributed by atoms with Gasteiger partial charge in [0.1, 0.15) is 5.82 Å². The maximum atomic E-state index is 13.8. The van der Waals surface area contributed by atoms with Gasteiger partial charge < -0.3 is 0 Å². The maximum Gasteiger partial charge on any atom is 0.293 e. The number of thiophene rings is 1. The molecule has 2 heterocycles. The minimum Gasteiger partial charge on any atom is -0.268 e. The van der Waals surface area contributed by atoms with Gasteiger partial charge >= 0.3 is 0 Å². The molecule has 1 aromatic carbocycles. The van der Waals surface area contributed by atoms with Crippen molar-refractivity contribution in [3.63, 3.8) is 0 Å². The van der Waals surface area contributed by atoms with Crippen LogP contribution in [-0.4, -0.2) is 16.0 Å². The van der Waals surface area contributed by atoms with Crippen molar-refractivity contribution in [3.8, 4) is 0 Å². The number of carbonyl (C=O) groups is 2. The van der Waals surface area contributed by atoms with Crippen LogP contribution in [-0.2, 0) is 11.3 Å². The number of hydrogen-bond donors (Lipinski definition) is 0. The van der Waals surface area contributed by atoms with Crippen molar-refractivity contribution in [2.24, 2.45) is 0 Å². The number of thioether (sulfide) groups is 1. The predicted molar refractivity (Wildman–Crippen MR) is 87.2 cm³/mol. The average Bonchev–Trinajstić information content (AvgIpc) is 3.06. The van der Waals surface area contributed by atoms with Crippen molar-refractivity contribution < 1.29 is 14.0 Å². The summed E-state index contributed by atoms with van der Waals surface area (Å²) in [5.41, 5.74) is 0.142. The van der Waals surface area contributed by atoms with E-state index in [-0.39, 0.29) is 17.1 Å². The summed E-state index contributed by atoms with van der Waals surface area (Å²) in [6.07, 6.45) is 1.67. The SMILES string of the molecule is O=C1S/C(=C/c2cccs2)C(=O)N1Cc1c(F)cccc1Cl. The minimum atomic E-state index is -0.534. The molecule has 0 aliphatic carbocycles. The number of nitrogens with zero attached hydrogens (tertiary/aromatic N) is 1. The highest BCUT2D eigenvalue weighted by atomic mass is 35.5. The first-order valence-electron chi connectivity index (χ1n) is 6.28. The zero-order valence-electron chi connectivity index (χ0n) is 11.1. The first-order valence-corrected chi connectivity index (χ1v) is 8.35. The average molecular weight is 354 g/mol. The van der Waals surface area contributed by atoms with E-state index in [0.29, 0.717) is 4.91 Å². The van der Waals surface area contributed by atoms with E-state index in [9.17, 15) is 14.0 Å². The van der Waals surface area contributed by atoms with Crippen LogP contribution in [0.5, 0.6) is 0 Å². The summed E-state index contributed by atoms with van der Waals surface area (Å²) in [5, 5.41) is 1.66. The van der Waals surface area contributed by atoms with Crippen molar-refractivity contribution in [1.82, 2.24) is 4.90 Å². The van der Waals surface area contributed by atoms with Crippen molar-refractivity contribution in [3.05, 3.63) is 61.9 Å². The largest absolute Gasteiger partial charge is 0.293 e. The van der Waals surface area contributed by atoms with Gasteiger partial charge in [-0.05, 0) is 41.4 Å². The Morgan fingerprint density at radius 1 is 1.23 bits per heavy atom. The van der Waals surface area contributed by atoms with E-state index >= 15 is 0 Å². The number of amides is 2. The second-order valence-corrected chi connectivity index (χ2v) is 6.86. The summed E-state index contributed by atoms with van der Waals surface area (Å²) in [7, 11) is 0. The molecule has 112 valence electrons. The lowest BCUT2D eigenvalue weighted by molar-refractivity contribution is -0.123. The van der Waals surface area contributed by atoms with Crippen LogP contribution in [0.3, 0.4) is 0 Å². The molecule has 1 aromatic heterocycles. The Morgan fingerprint density at radius 3 is 2.73 bits per heavy atom. The molecule has 2 amide bonds. The van der Waals surface area contributed by atoms with Crippen LogP contribution in [0, 0.1) is 5.82 Å². The van der Waals surface area contributed by atoms with Crippen LogP contribution >= 0.6 is 34.7 Å². The molecule has 0 atom stereocenters. The van der Waals surface area contributed by atoms with E-state index in [1.165, 1.54) is 29.5 Å². The summed E-state index contributed by atoms with van der Waals surface area (Å²) in [6, 6.07) is 7.97. The summed E-state index contributed by atoms with van der Waals surface area (Å²) >= 11 is 8.27. The normalized spacial score (nSPS) is 16.8. The Morgan fingerprint density at radius 2 is 2.05 bits per heavy atom. The van der Waals surface area contributed by atoms with Gasteiger partial charge in [0.05, 0.1) is 11.4 Å². The smallest absolute Gasteiger partial charge is 0.268 e. The highest BCUT2D eigenvalue weighted by Gasteiger charge is 2.35. The van der Waals surface area contributed by atoms with E-state index in [1.54, 1.807) is 6.08 Å². The number of imide groups is 1. The molecule has 0 bridgehead atoms. The van der Waals surface area contributed by atoms with Crippen molar-refractivity contribution in [1.29, 1.82) is 0 Å². The zero-order valence-corrected chi connectivity index (χ0v) is 13.5. The second kappa shape index (κ2) is 6.24. The third-order valence-electron chi connectivity index (χ3n) is 3.07. The minimum absolute atomic E-state index is 0.142. The van der Waals surface area contributed by atoms with Crippen LogP contribution in [0.1, 0.15) is 10.4 Å². The highest BCUT2D eigenvalue weighted by molar-refractivity contribution is 8.18. The van der Waals surface area contributed by atoms with E-state index in [1.807, 2.05) is 17.5 Å². The molecule has 1 saturated heterocycles. The van der Waals surface area contributed by atoms with Gasteiger partial charge in [-0.3, -0.25) is 14.5 Å². The first-order chi connectivity index (χ1) is 10.6. The maximum absolute atomic E-state index is 13.8. The Balaban J connectivity index is 1.86. The molecule has 7 heteroatoms. The van der Waals surface area contributed by atoms with Gasteiger partial charge in [-0.2, -0.15) is 0 Å². The Hall–Kier alpha value is -1.63. The second-order valence-electron chi connectivity index (χ2n) is 4.48. The molecule has 0 unspecified atom stereocenters. The van der Waals surface area contributed by atoms with Crippen molar-refractivity contribution in [2.45, 2.75) is 6.54 Å². The topological polar surface area (TPSA) is 37.4 Å². The van der Waals surface area contributed by atoms with Crippen LogP contribution in [0.2, 0.25) is 5.02 Å². The standard InChI is InChI=1S/C15H9ClFNO2S2/c16-11-4-1-5-12(17)10(11)8-18-14(19)13(22-15(18)20)7-9-3-2-6-21-9/h1-7H,8H2/b13-7+. The Labute approximate surface area is 139 Å². The molecule has 22 heavy (non-hydrogen) atoms. The molecule has 1 aliphatic rings. The molecule has 3 rings (SSSR count). The third-order valence-corrected chi connectivity index (χ3v) is 5.15. The van der Waals surface area contributed by atoms with Crippen molar-refractivity contribution in [2.75, 3.05) is 0 Å². The van der Waals surface area contributed by atoms with Gasteiger partial charge in [-0.25, -0.2) is 4.39 Å². The molecule has 0 saturated carbocycles. The molecule has 1 fully saturated rings. The molecule has 1 aliphatic heterocycles. The first kappa shape index (κ1) is 15.3. The van der Waals surface area contributed by atoms with Gasteiger partial charge in [-0.1, -0.05) is 23.7 Å². The molecule has 2 aromatic rings. The lowest BCUT2D eigenvalue weighted by atomic mass is 10.2.